The maximum absolute atomic E-state index is 5.42. The molecule has 114 valence electrons. The van der Waals surface area contributed by atoms with Gasteiger partial charge in [0.15, 0.2) is 0 Å². The molecule has 1 aromatic rings. The molecule has 1 rings (SSSR count). The van der Waals surface area contributed by atoms with Gasteiger partial charge in [0, 0.05) is 24.7 Å². The summed E-state index contributed by atoms with van der Waals surface area (Å²) >= 11 is 0. The summed E-state index contributed by atoms with van der Waals surface area (Å²) in [5, 5.41) is 3.53. The van der Waals surface area contributed by atoms with Crippen LogP contribution in [0.1, 0.15) is 33.3 Å². The third-order valence-corrected chi connectivity index (χ3v) is 3.58. The fourth-order valence-electron chi connectivity index (χ4n) is 2.17. The van der Waals surface area contributed by atoms with Crippen molar-refractivity contribution in [3.8, 4) is 5.75 Å². The van der Waals surface area contributed by atoms with Crippen LogP contribution in [0.3, 0.4) is 0 Å². The maximum atomic E-state index is 5.42. The molecule has 1 atom stereocenters. The maximum Gasteiger partial charge on any atom is 0.122 e. The quantitative estimate of drug-likeness (QED) is 0.830. The molecule has 0 saturated carbocycles. The molecule has 0 heterocycles. The smallest absolute Gasteiger partial charge is 0.122 e. The van der Waals surface area contributed by atoms with Crippen LogP contribution in [-0.2, 0) is 6.42 Å². The van der Waals surface area contributed by atoms with Gasteiger partial charge in [-0.25, -0.2) is 0 Å². The number of hydrogen-bond donors (Lipinski definition) is 1. The van der Waals surface area contributed by atoms with Crippen LogP contribution in [0.5, 0.6) is 5.75 Å². The second-order valence-electron chi connectivity index (χ2n) is 6.52. The van der Waals surface area contributed by atoms with E-state index in [1.54, 1.807) is 7.11 Å². The summed E-state index contributed by atoms with van der Waals surface area (Å²) in [7, 11) is 3.92. The van der Waals surface area contributed by atoms with Crippen molar-refractivity contribution in [2.45, 2.75) is 45.7 Å². The summed E-state index contributed by atoms with van der Waals surface area (Å²) in [5.74, 6) is 0.987. The average Bonchev–Trinajstić information content (AvgIpc) is 2.37. The van der Waals surface area contributed by atoms with Crippen LogP contribution in [0.25, 0.3) is 0 Å². The van der Waals surface area contributed by atoms with E-state index in [2.05, 4.69) is 57.1 Å². The first-order chi connectivity index (χ1) is 9.33. The monoisotopic (exact) mass is 278 g/mol. The molecule has 20 heavy (non-hydrogen) atoms. The third kappa shape index (κ3) is 5.93. The molecule has 0 aliphatic carbocycles. The Hall–Kier alpha value is -1.06. The van der Waals surface area contributed by atoms with Gasteiger partial charge in [0.1, 0.15) is 5.75 Å². The SMILES string of the molecule is COc1ccccc1CC(C)N(C)CCNC(C)(C)C. The number of methoxy groups -OCH3 is 1. The van der Waals surface area contributed by atoms with Gasteiger partial charge in [0.2, 0.25) is 0 Å². The molecule has 3 nitrogen and oxygen atoms in total. The van der Waals surface area contributed by atoms with Crippen LogP contribution in [0.2, 0.25) is 0 Å². The van der Waals surface area contributed by atoms with Crippen molar-refractivity contribution in [1.82, 2.24) is 10.2 Å². The third-order valence-electron chi connectivity index (χ3n) is 3.58. The van der Waals surface area contributed by atoms with Gasteiger partial charge in [-0.3, -0.25) is 0 Å². The highest BCUT2D eigenvalue weighted by Crippen LogP contribution is 2.20. The Morgan fingerprint density at radius 2 is 1.90 bits per heavy atom. The van der Waals surface area contributed by atoms with Gasteiger partial charge in [-0.1, -0.05) is 18.2 Å². The summed E-state index contributed by atoms with van der Waals surface area (Å²) in [6.07, 6.45) is 1.01. The van der Waals surface area contributed by atoms with E-state index in [-0.39, 0.29) is 5.54 Å². The molecule has 1 aromatic carbocycles. The van der Waals surface area contributed by atoms with Crippen LogP contribution in [0.15, 0.2) is 24.3 Å². The van der Waals surface area contributed by atoms with Crippen LogP contribution < -0.4 is 10.1 Å². The number of nitrogens with one attached hydrogen (secondary N) is 1. The van der Waals surface area contributed by atoms with Crippen LogP contribution in [0.4, 0.5) is 0 Å². The van der Waals surface area contributed by atoms with E-state index in [9.17, 15) is 0 Å². The van der Waals surface area contributed by atoms with Crippen molar-refractivity contribution in [3.05, 3.63) is 29.8 Å². The molecule has 0 bridgehead atoms. The van der Waals surface area contributed by atoms with Crippen LogP contribution >= 0.6 is 0 Å². The number of rotatable bonds is 7. The van der Waals surface area contributed by atoms with E-state index in [4.69, 9.17) is 4.74 Å². The molecule has 0 spiro atoms. The zero-order chi connectivity index (χ0) is 15.2. The Kier molecular flexibility index (Phi) is 6.50. The molecule has 1 unspecified atom stereocenters. The Balaban J connectivity index is 2.47. The first-order valence-electron chi connectivity index (χ1n) is 7.40. The van der Waals surface area contributed by atoms with Gasteiger partial charge >= 0.3 is 0 Å². The minimum absolute atomic E-state index is 0.187. The molecule has 0 fully saturated rings. The number of nitrogens with zero attached hydrogens (tertiary/aromatic N) is 1. The lowest BCUT2D eigenvalue weighted by molar-refractivity contribution is 0.244. The van der Waals surface area contributed by atoms with Crippen molar-refractivity contribution in [3.63, 3.8) is 0 Å². The molecule has 1 N–H and O–H groups in total. The number of hydrogen-bond acceptors (Lipinski definition) is 3. The van der Waals surface area contributed by atoms with Crippen LogP contribution in [0, 0.1) is 0 Å². The predicted molar refractivity (Wildman–Crippen MR) is 86.5 cm³/mol. The van der Waals surface area contributed by atoms with Crippen LogP contribution in [-0.4, -0.2) is 43.7 Å². The topological polar surface area (TPSA) is 24.5 Å². The zero-order valence-electron chi connectivity index (χ0n) is 13.9. The molecular weight excluding hydrogens is 248 g/mol. The standard InChI is InChI=1S/C17H30N2O/c1-14(19(5)12-11-18-17(2,3)4)13-15-9-7-8-10-16(15)20-6/h7-10,14,18H,11-13H2,1-6H3. The number of para-hydroxylation sites is 1. The lowest BCUT2D eigenvalue weighted by Crippen LogP contribution is -2.42. The number of benzene rings is 1. The molecule has 0 aliphatic heterocycles. The molecular formula is C17H30N2O. The Morgan fingerprint density at radius 3 is 2.50 bits per heavy atom. The van der Waals surface area contributed by atoms with Gasteiger partial charge in [0.05, 0.1) is 7.11 Å². The largest absolute Gasteiger partial charge is 0.496 e. The van der Waals surface area contributed by atoms with Gasteiger partial charge in [-0.2, -0.15) is 0 Å². The lowest BCUT2D eigenvalue weighted by atomic mass is 10.0. The Labute approximate surface area is 124 Å². The van der Waals surface area contributed by atoms with E-state index in [0.29, 0.717) is 6.04 Å². The summed E-state index contributed by atoms with van der Waals surface area (Å²) in [5.41, 5.74) is 1.46. The van der Waals surface area contributed by atoms with Gasteiger partial charge in [-0.15, -0.1) is 0 Å². The molecule has 0 aliphatic rings. The molecule has 0 amide bonds. The van der Waals surface area contributed by atoms with Crippen molar-refractivity contribution in [2.24, 2.45) is 0 Å². The highest BCUT2D eigenvalue weighted by Gasteiger charge is 2.14. The normalized spacial score (nSPS) is 13.6. The predicted octanol–water partition coefficient (Wildman–Crippen LogP) is 2.95. The minimum atomic E-state index is 0.187. The molecule has 0 aromatic heterocycles. The van der Waals surface area contributed by atoms with Gasteiger partial charge in [0.25, 0.3) is 0 Å². The summed E-state index contributed by atoms with van der Waals surface area (Å²) in [6.45, 7) is 10.9. The Morgan fingerprint density at radius 1 is 1.25 bits per heavy atom. The van der Waals surface area contributed by atoms with E-state index in [1.165, 1.54) is 5.56 Å². The van der Waals surface area contributed by atoms with Crippen molar-refractivity contribution in [1.29, 1.82) is 0 Å². The van der Waals surface area contributed by atoms with E-state index < -0.39 is 0 Å². The minimum Gasteiger partial charge on any atom is -0.496 e. The van der Waals surface area contributed by atoms with E-state index in [0.717, 1.165) is 25.3 Å². The lowest BCUT2D eigenvalue weighted by Gasteiger charge is -2.28. The van der Waals surface area contributed by atoms with Crippen molar-refractivity contribution >= 4 is 0 Å². The summed E-state index contributed by atoms with van der Waals surface area (Å²) < 4.78 is 5.42. The van der Waals surface area contributed by atoms with E-state index >= 15 is 0 Å². The number of ether oxygens (including phenoxy) is 1. The van der Waals surface area contributed by atoms with Gasteiger partial charge < -0.3 is 15.0 Å². The van der Waals surface area contributed by atoms with Crippen molar-refractivity contribution < 1.29 is 4.74 Å². The highest BCUT2D eigenvalue weighted by atomic mass is 16.5. The fraction of sp³-hybridized carbons (Fsp3) is 0.647. The first-order valence-corrected chi connectivity index (χ1v) is 7.40. The fourth-order valence-corrected chi connectivity index (χ4v) is 2.17. The molecule has 0 radical (unpaired) electrons. The highest BCUT2D eigenvalue weighted by molar-refractivity contribution is 5.33. The summed E-state index contributed by atoms with van der Waals surface area (Å²) in [4.78, 5) is 2.39. The molecule has 0 saturated heterocycles. The second kappa shape index (κ2) is 7.65. The summed E-state index contributed by atoms with van der Waals surface area (Å²) in [6, 6.07) is 8.77. The average molecular weight is 278 g/mol. The van der Waals surface area contributed by atoms with Gasteiger partial charge in [-0.05, 0) is 52.8 Å². The Bertz CT molecular complexity index is 398. The number of likely N-dealkylation sites (N-methyl/N-ethyl adjacent to an activating group) is 1. The van der Waals surface area contributed by atoms with E-state index in [1.807, 2.05) is 12.1 Å². The second-order valence-corrected chi connectivity index (χ2v) is 6.52. The first kappa shape index (κ1) is 17.0. The van der Waals surface area contributed by atoms with Crippen molar-refractivity contribution in [2.75, 3.05) is 27.2 Å². The molecule has 3 heteroatoms. The zero-order valence-corrected chi connectivity index (χ0v) is 13.9.